The first kappa shape index (κ1) is 14.1. The SMILES string of the molecule is NC(=O)c1ccccc1CNCCc1ccc(Cl)s1. The van der Waals surface area contributed by atoms with Crippen LogP contribution in [0.15, 0.2) is 36.4 Å². The van der Waals surface area contributed by atoms with Gasteiger partial charge in [-0.05, 0) is 30.2 Å². The monoisotopic (exact) mass is 294 g/mol. The second-order valence-corrected chi connectivity index (χ2v) is 5.95. The smallest absolute Gasteiger partial charge is 0.249 e. The lowest BCUT2D eigenvalue weighted by Gasteiger charge is -2.07. The van der Waals surface area contributed by atoms with E-state index in [0.717, 1.165) is 22.9 Å². The number of nitrogens with two attached hydrogens (primary N) is 1. The van der Waals surface area contributed by atoms with Crippen molar-refractivity contribution in [2.24, 2.45) is 5.73 Å². The normalized spacial score (nSPS) is 10.6. The van der Waals surface area contributed by atoms with Crippen molar-refractivity contribution in [3.63, 3.8) is 0 Å². The van der Waals surface area contributed by atoms with E-state index in [1.165, 1.54) is 4.88 Å². The Hall–Kier alpha value is -1.36. The Labute approximate surface area is 121 Å². The summed E-state index contributed by atoms with van der Waals surface area (Å²) in [5, 5.41) is 3.31. The maximum atomic E-state index is 11.3. The summed E-state index contributed by atoms with van der Waals surface area (Å²) >= 11 is 7.46. The molecule has 2 aromatic rings. The van der Waals surface area contributed by atoms with Crippen molar-refractivity contribution in [3.8, 4) is 0 Å². The summed E-state index contributed by atoms with van der Waals surface area (Å²) in [6.07, 6.45) is 0.927. The van der Waals surface area contributed by atoms with E-state index in [2.05, 4.69) is 5.32 Å². The summed E-state index contributed by atoms with van der Waals surface area (Å²) in [5.74, 6) is -0.387. The van der Waals surface area contributed by atoms with Crippen LogP contribution in [0.1, 0.15) is 20.8 Å². The average molecular weight is 295 g/mol. The summed E-state index contributed by atoms with van der Waals surface area (Å²) in [7, 11) is 0. The topological polar surface area (TPSA) is 55.1 Å². The van der Waals surface area contributed by atoms with Crippen LogP contribution in [-0.4, -0.2) is 12.5 Å². The summed E-state index contributed by atoms with van der Waals surface area (Å²) < 4.78 is 0.814. The maximum Gasteiger partial charge on any atom is 0.249 e. The van der Waals surface area contributed by atoms with Crippen molar-refractivity contribution in [2.75, 3.05) is 6.54 Å². The van der Waals surface area contributed by atoms with Gasteiger partial charge in [0, 0.05) is 23.5 Å². The number of hydrogen-bond donors (Lipinski definition) is 2. The van der Waals surface area contributed by atoms with Crippen molar-refractivity contribution in [1.29, 1.82) is 0 Å². The first-order valence-corrected chi connectivity index (χ1v) is 7.19. The van der Waals surface area contributed by atoms with E-state index >= 15 is 0 Å². The van der Waals surface area contributed by atoms with Crippen LogP contribution in [0.3, 0.4) is 0 Å². The Morgan fingerprint density at radius 2 is 2.05 bits per heavy atom. The standard InChI is InChI=1S/C14H15ClN2OS/c15-13-6-5-11(19-13)7-8-17-9-10-3-1-2-4-12(10)14(16)18/h1-6,17H,7-9H2,(H2,16,18). The van der Waals surface area contributed by atoms with E-state index < -0.39 is 0 Å². The van der Waals surface area contributed by atoms with Gasteiger partial charge in [-0.25, -0.2) is 0 Å². The molecule has 19 heavy (non-hydrogen) atoms. The number of amides is 1. The average Bonchev–Trinajstić information content (AvgIpc) is 2.81. The zero-order valence-electron chi connectivity index (χ0n) is 10.4. The van der Waals surface area contributed by atoms with Gasteiger partial charge in [-0.15, -0.1) is 11.3 Å². The number of halogens is 1. The van der Waals surface area contributed by atoms with E-state index in [-0.39, 0.29) is 5.91 Å². The first-order valence-electron chi connectivity index (χ1n) is 5.99. The van der Waals surface area contributed by atoms with Gasteiger partial charge in [0.2, 0.25) is 5.91 Å². The summed E-state index contributed by atoms with van der Waals surface area (Å²) in [6.45, 7) is 1.47. The van der Waals surface area contributed by atoms with Crippen LogP contribution in [0.25, 0.3) is 0 Å². The van der Waals surface area contributed by atoms with Crippen LogP contribution >= 0.6 is 22.9 Å². The molecule has 1 heterocycles. The molecule has 1 amide bonds. The molecule has 0 unspecified atom stereocenters. The van der Waals surface area contributed by atoms with Gasteiger partial charge >= 0.3 is 0 Å². The second kappa shape index (κ2) is 6.70. The second-order valence-electron chi connectivity index (χ2n) is 4.15. The van der Waals surface area contributed by atoms with Crippen LogP contribution in [0.2, 0.25) is 4.34 Å². The molecule has 1 aromatic heterocycles. The lowest BCUT2D eigenvalue weighted by Crippen LogP contribution is -2.20. The minimum Gasteiger partial charge on any atom is -0.366 e. The van der Waals surface area contributed by atoms with Crippen LogP contribution in [0.4, 0.5) is 0 Å². The summed E-state index contributed by atoms with van der Waals surface area (Å²) in [4.78, 5) is 12.5. The molecule has 2 rings (SSSR count). The number of carbonyl (C=O) groups is 1. The van der Waals surface area contributed by atoms with Gasteiger partial charge in [0.1, 0.15) is 0 Å². The van der Waals surface area contributed by atoms with Gasteiger partial charge in [-0.2, -0.15) is 0 Å². The fourth-order valence-corrected chi connectivity index (χ4v) is 2.92. The lowest BCUT2D eigenvalue weighted by molar-refractivity contribution is 0.0999. The van der Waals surface area contributed by atoms with Gasteiger partial charge in [0.15, 0.2) is 0 Å². The Morgan fingerprint density at radius 3 is 2.74 bits per heavy atom. The van der Waals surface area contributed by atoms with Crippen molar-refractivity contribution in [3.05, 3.63) is 56.7 Å². The molecule has 0 bridgehead atoms. The first-order chi connectivity index (χ1) is 9.16. The van der Waals surface area contributed by atoms with E-state index in [0.29, 0.717) is 12.1 Å². The molecule has 0 fully saturated rings. The number of hydrogen-bond acceptors (Lipinski definition) is 3. The van der Waals surface area contributed by atoms with Crippen LogP contribution < -0.4 is 11.1 Å². The summed E-state index contributed by atoms with van der Waals surface area (Å²) in [6, 6.07) is 11.3. The molecular formula is C14H15ClN2OS. The minimum absolute atomic E-state index is 0.387. The molecule has 0 spiro atoms. The third-order valence-corrected chi connectivity index (χ3v) is 4.07. The zero-order valence-corrected chi connectivity index (χ0v) is 11.9. The number of rotatable bonds is 6. The molecule has 0 saturated heterocycles. The van der Waals surface area contributed by atoms with Crippen LogP contribution in [-0.2, 0) is 13.0 Å². The fourth-order valence-electron chi connectivity index (χ4n) is 1.84. The number of benzene rings is 1. The Bertz CT molecular complexity index is 568. The number of carbonyl (C=O) groups excluding carboxylic acids is 1. The molecule has 5 heteroatoms. The highest BCUT2D eigenvalue weighted by atomic mass is 35.5. The number of thiophene rings is 1. The highest BCUT2D eigenvalue weighted by Gasteiger charge is 2.06. The van der Waals surface area contributed by atoms with Gasteiger partial charge < -0.3 is 11.1 Å². The third-order valence-electron chi connectivity index (χ3n) is 2.78. The molecule has 100 valence electrons. The molecule has 0 atom stereocenters. The van der Waals surface area contributed by atoms with E-state index in [9.17, 15) is 4.79 Å². The van der Waals surface area contributed by atoms with E-state index in [1.807, 2.05) is 30.3 Å². The molecule has 0 aliphatic carbocycles. The van der Waals surface area contributed by atoms with E-state index in [4.69, 9.17) is 17.3 Å². The predicted molar refractivity (Wildman–Crippen MR) is 79.7 cm³/mol. The Morgan fingerprint density at radius 1 is 1.26 bits per heavy atom. The zero-order chi connectivity index (χ0) is 13.7. The molecule has 1 aromatic carbocycles. The molecule has 3 nitrogen and oxygen atoms in total. The molecule has 3 N–H and O–H groups in total. The molecular weight excluding hydrogens is 280 g/mol. The Balaban J connectivity index is 1.84. The van der Waals surface area contributed by atoms with E-state index in [1.54, 1.807) is 17.4 Å². The molecule has 0 radical (unpaired) electrons. The van der Waals surface area contributed by atoms with Gasteiger partial charge in [-0.1, -0.05) is 29.8 Å². The van der Waals surface area contributed by atoms with Gasteiger partial charge in [-0.3, -0.25) is 4.79 Å². The minimum atomic E-state index is -0.387. The number of nitrogens with one attached hydrogen (secondary N) is 1. The van der Waals surface area contributed by atoms with Gasteiger partial charge in [0.25, 0.3) is 0 Å². The highest BCUT2D eigenvalue weighted by molar-refractivity contribution is 7.16. The Kier molecular flexibility index (Phi) is 4.96. The highest BCUT2D eigenvalue weighted by Crippen LogP contribution is 2.21. The molecule has 0 aliphatic heterocycles. The largest absolute Gasteiger partial charge is 0.366 e. The molecule has 0 saturated carbocycles. The van der Waals surface area contributed by atoms with Crippen molar-refractivity contribution >= 4 is 28.8 Å². The fraction of sp³-hybridized carbons (Fsp3) is 0.214. The quantitative estimate of drug-likeness (QED) is 0.805. The maximum absolute atomic E-state index is 11.3. The summed E-state index contributed by atoms with van der Waals surface area (Å²) in [5.41, 5.74) is 6.84. The van der Waals surface area contributed by atoms with Crippen LogP contribution in [0.5, 0.6) is 0 Å². The van der Waals surface area contributed by atoms with Crippen molar-refractivity contribution < 1.29 is 4.79 Å². The lowest BCUT2D eigenvalue weighted by atomic mass is 10.1. The van der Waals surface area contributed by atoms with Crippen molar-refractivity contribution in [2.45, 2.75) is 13.0 Å². The predicted octanol–water partition coefficient (Wildman–Crippen LogP) is 2.83. The van der Waals surface area contributed by atoms with Crippen molar-refractivity contribution in [1.82, 2.24) is 5.32 Å². The third kappa shape index (κ3) is 4.06. The van der Waals surface area contributed by atoms with Gasteiger partial charge in [0.05, 0.1) is 4.34 Å². The van der Waals surface area contributed by atoms with Crippen LogP contribution in [0, 0.1) is 0 Å². The number of primary amides is 1. The molecule has 0 aliphatic rings.